The van der Waals surface area contributed by atoms with Crippen molar-refractivity contribution >= 4 is 49.6 Å². The minimum absolute atomic E-state index is 0.110. The molecule has 1 aliphatic rings. The highest BCUT2D eigenvalue weighted by Crippen LogP contribution is 2.37. The van der Waals surface area contributed by atoms with Crippen LogP contribution >= 0.6 is 22.9 Å². The van der Waals surface area contributed by atoms with E-state index in [0.717, 1.165) is 23.5 Å². The van der Waals surface area contributed by atoms with Crippen molar-refractivity contribution in [2.45, 2.75) is 31.2 Å². The molecule has 0 saturated carbocycles. The summed E-state index contributed by atoms with van der Waals surface area (Å²) in [4.78, 5) is 27.7. The summed E-state index contributed by atoms with van der Waals surface area (Å²) in [5.41, 5.74) is 6.78. The second-order valence-corrected chi connectivity index (χ2v) is 10.4. The van der Waals surface area contributed by atoms with Crippen LogP contribution in [0.1, 0.15) is 34.1 Å². The fourth-order valence-electron chi connectivity index (χ4n) is 3.25. The minimum atomic E-state index is -3.62. The summed E-state index contributed by atoms with van der Waals surface area (Å²) in [6.07, 6.45) is 0.464. The molecule has 2 aromatic rings. The highest BCUT2D eigenvalue weighted by molar-refractivity contribution is 7.91. The van der Waals surface area contributed by atoms with Crippen LogP contribution in [0.4, 0.5) is 5.00 Å². The molecule has 0 unspecified atom stereocenters. The molecule has 0 spiro atoms. The summed E-state index contributed by atoms with van der Waals surface area (Å²) in [7, 11) is -3.62. The Balaban J connectivity index is 1.71. The first-order valence-corrected chi connectivity index (χ1v) is 12.0. The fraction of sp³-hybridized carbons (Fsp3) is 0.368. The van der Waals surface area contributed by atoms with Gasteiger partial charge >= 0.3 is 0 Å². The first-order valence-electron chi connectivity index (χ1n) is 9.16. The summed E-state index contributed by atoms with van der Waals surface area (Å²) >= 11 is 7.11. The predicted octanol–water partition coefficient (Wildman–Crippen LogP) is 2.68. The number of carbonyl (C=O) groups excluding carboxylic acids is 2. The first-order chi connectivity index (χ1) is 13.7. The third-order valence-electron chi connectivity index (χ3n) is 4.85. The third kappa shape index (κ3) is 4.98. The first kappa shape index (κ1) is 21.8. The van der Waals surface area contributed by atoms with E-state index in [4.69, 9.17) is 17.3 Å². The Morgan fingerprint density at radius 3 is 2.59 bits per heavy atom. The van der Waals surface area contributed by atoms with Crippen LogP contribution in [0.25, 0.3) is 0 Å². The van der Waals surface area contributed by atoms with Gasteiger partial charge < -0.3 is 11.1 Å². The van der Waals surface area contributed by atoms with Crippen molar-refractivity contribution in [2.75, 3.05) is 24.2 Å². The maximum absolute atomic E-state index is 12.4. The van der Waals surface area contributed by atoms with Crippen LogP contribution in [0, 0.1) is 0 Å². The van der Waals surface area contributed by atoms with Gasteiger partial charge in [-0.25, -0.2) is 8.42 Å². The smallest absolute Gasteiger partial charge is 0.251 e. The van der Waals surface area contributed by atoms with Crippen LogP contribution in [0.3, 0.4) is 0 Å². The van der Waals surface area contributed by atoms with Gasteiger partial charge in [0.05, 0.1) is 16.2 Å². The maximum Gasteiger partial charge on any atom is 0.251 e. The number of benzene rings is 1. The Kier molecular flexibility index (Phi) is 6.62. The molecule has 3 N–H and O–H groups in total. The lowest BCUT2D eigenvalue weighted by Gasteiger charge is -2.25. The lowest BCUT2D eigenvalue weighted by molar-refractivity contribution is -0.115. The van der Waals surface area contributed by atoms with Crippen molar-refractivity contribution in [1.29, 1.82) is 0 Å². The summed E-state index contributed by atoms with van der Waals surface area (Å²) < 4.78 is 24.8. The molecular formula is C19H22ClN3O4S2. The lowest BCUT2D eigenvalue weighted by Crippen LogP contribution is -2.30. The van der Waals surface area contributed by atoms with Crippen molar-refractivity contribution in [3.05, 3.63) is 45.3 Å². The number of fused-ring (bicyclic) bond motifs is 1. The van der Waals surface area contributed by atoms with Gasteiger partial charge in [0.2, 0.25) is 5.91 Å². The molecule has 0 aliphatic carbocycles. The zero-order chi connectivity index (χ0) is 21.2. The maximum atomic E-state index is 12.4. The van der Waals surface area contributed by atoms with Gasteiger partial charge in [-0.05, 0) is 42.8 Å². The number of nitrogens with two attached hydrogens (primary N) is 1. The van der Waals surface area contributed by atoms with Crippen LogP contribution in [0.15, 0.2) is 29.2 Å². The second-order valence-electron chi connectivity index (χ2n) is 6.76. The quantitative estimate of drug-likeness (QED) is 0.667. The summed E-state index contributed by atoms with van der Waals surface area (Å²) in [6.45, 7) is 4.50. The molecule has 0 atom stereocenters. The minimum Gasteiger partial charge on any atom is -0.365 e. The van der Waals surface area contributed by atoms with Crippen molar-refractivity contribution in [1.82, 2.24) is 4.90 Å². The molecule has 2 amide bonds. The molecule has 29 heavy (non-hydrogen) atoms. The van der Waals surface area contributed by atoms with E-state index in [1.54, 1.807) is 0 Å². The Bertz CT molecular complexity index is 1030. The molecule has 3 rings (SSSR count). The van der Waals surface area contributed by atoms with Gasteiger partial charge in [0, 0.05) is 29.4 Å². The number of sulfone groups is 1. The topological polar surface area (TPSA) is 110 Å². The monoisotopic (exact) mass is 455 g/mol. The van der Waals surface area contributed by atoms with E-state index in [2.05, 4.69) is 17.1 Å². The average molecular weight is 456 g/mol. The molecule has 7 nitrogen and oxygen atoms in total. The van der Waals surface area contributed by atoms with E-state index < -0.39 is 21.7 Å². The molecule has 0 fully saturated rings. The van der Waals surface area contributed by atoms with E-state index in [0.29, 0.717) is 28.6 Å². The molecule has 10 heteroatoms. The number of primary amides is 1. The SMILES string of the molecule is CCN1CCc2c(sc(NC(=O)CCS(=O)(=O)c3ccc(Cl)cc3)c2C(N)=O)C1. The van der Waals surface area contributed by atoms with Gasteiger partial charge in [0.1, 0.15) is 5.00 Å². The van der Waals surface area contributed by atoms with Crippen molar-refractivity contribution in [3.63, 3.8) is 0 Å². The number of nitrogens with zero attached hydrogens (tertiary/aromatic N) is 1. The van der Waals surface area contributed by atoms with Crippen LogP contribution in [-0.4, -0.2) is 44.0 Å². The Morgan fingerprint density at radius 1 is 1.28 bits per heavy atom. The third-order valence-corrected chi connectivity index (χ3v) is 7.97. The number of anilines is 1. The summed E-state index contributed by atoms with van der Waals surface area (Å²) in [5.74, 6) is -1.41. The largest absolute Gasteiger partial charge is 0.365 e. The van der Waals surface area contributed by atoms with Gasteiger partial charge in [-0.2, -0.15) is 0 Å². The van der Waals surface area contributed by atoms with Crippen molar-refractivity contribution < 1.29 is 18.0 Å². The predicted molar refractivity (Wildman–Crippen MR) is 114 cm³/mol. The molecule has 2 heterocycles. The van der Waals surface area contributed by atoms with Crippen LogP contribution in [-0.2, 0) is 27.6 Å². The number of rotatable bonds is 7. The van der Waals surface area contributed by atoms with E-state index in [9.17, 15) is 18.0 Å². The number of hydrogen-bond acceptors (Lipinski definition) is 6. The average Bonchev–Trinajstić information content (AvgIpc) is 3.03. The van der Waals surface area contributed by atoms with E-state index >= 15 is 0 Å². The van der Waals surface area contributed by atoms with Crippen LogP contribution < -0.4 is 11.1 Å². The number of thiophene rings is 1. The zero-order valence-electron chi connectivity index (χ0n) is 15.9. The van der Waals surface area contributed by atoms with Gasteiger partial charge in [-0.15, -0.1) is 11.3 Å². The molecule has 1 aromatic carbocycles. The van der Waals surface area contributed by atoms with E-state index in [1.807, 2.05) is 0 Å². The van der Waals surface area contributed by atoms with Gasteiger partial charge in [-0.1, -0.05) is 18.5 Å². The number of halogens is 1. The number of carbonyl (C=O) groups is 2. The van der Waals surface area contributed by atoms with Crippen molar-refractivity contribution in [3.8, 4) is 0 Å². The Hall–Kier alpha value is -1.94. The Labute approximate surface area is 178 Å². The molecular weight excluding hydrogens is 434 g/mol. The number of nitrogens with one attached hydrogen (secondary N) is 1. The number of hydrogen-bond donors (Lipinski definition) is 2. The number of likely N-dealkylation sites (N-methyl/N-ethyl adjacent to an activating group) is 1. The van der Waals surface area contributed by atoms with Crippen LogP contribution in [0.2, 0.25) is 5.02 Å². The van der Waals surface area contributed by atoms with Gasteiger partial charge in [0.15, 0.2) is 9.84 Å². The molecule has 1 aromatic heterocycles. The normalized spacial score (nSPS) is 14.4. The standard InChI is InChI=1S/C19H22ClN3O4S2/c1-2-23-9-7-14-15(11-23)28-19(17(14)18(21)25)22-16(24)8-10-29(26,27)13-5-3-12(20)4-6-13/h3-6H,2,7-11H2,1H3,(H2,21,25)(H,22,24). The molecule has 156 valence electrons. The van der Waals surface area contributed by atoms with E-state index in [-0.39, 0.29) is 17.1 Å². The molecule has 0 radical (unpaired) electrons. The van der Waals surface area contributed by atoms with Gasteiger partial charge in [-0.3, -0.25) is 14.5 Å². The summed E-state index contributed by atoms with van der Waals surface area (Å²) in [6, 6.07) is 5.80. The van der Waals surface area contributed by atoms with E-state index in [1.165, 1.54) is 35.6 Å². The molecule has 0 saturated heterocycles. The Morgan fingerprint density at radius 2 is 1.97 bits per heavy atom. The van der Waals surface area contributed by atoms with Crippen LogP contribution in [0.5, 0.6) is 0 Å². The highest BCUT2D eigenvalue weighted by atomic mass is 35.5. The molecule has 1 aliphatic heterocycles. The second kappa shape index (κ2) is 8.83. The zero-order valence-corrected chi connectivity index (χ0v) is 18.3. The fourth-order valence-corrected chi connectivity index (χ4v) is 5.93. The lowest BCUT2D eigenvalue weighted by atomic mass is 10.0. The van der Waals surface area contributed by atoms with Crippen molar-refractivity contribution in [2.24, 2.45) is 5.73 Å². The summed E-state index contributed by atoms with van der Waals surface area (Å²) in [5, 5.41) is 3.52. The highest BCUT2D eigenvalue weighted by Gasteiger charge is 2.27. The number of amides is 2. The molecule has 0 bridgehead atoms. The van der Waals surface area contributed by atoms with Gasteiger partial charge in [0.25, 0.3) is 5.91 Å².